The zero-order valence-electron chi connectivity index (χ0n) is 9.87. The van der Waals surface area contributed by atoms with E-state index in [1.165, 1.54) is 32.5 Å². The fraction of sp³-hybridized carbons (Fsp3) is 0.909. The molecule has 15 heavy (non-hydrogen) atoms. The first-order valence-corrected chi connectivity index (χ1v) is 7.31. The van der Waals surface area contributed by atoms with Crippen molar-refractivity contribution in [3.05, 3.63) is 0 Å². The first kappa shape index (κ1) is 13.3. The van der Waals surface area contributed by atoms with Crippen molar-refractivity contribution in [2.24, 2.45) is 0 Å². The second-order valence-electron chi connectivity index (χ2n) is 3.84. The van der Waals surface area contributed by atoms with Crippen LogP contribution in [0.3, 0.4) is 0 Å². The molecule has 1 aliphatic heterocycles. The number of rotatable bonds is 5. The largest absolute Gasteiger partial charge is 0.358 e. The van der Waals surface area contributed by atoms with Crippen LogP contribution in [-0.4, -0.2) is 52.6 Å². The molecule has 0 spiro atoms. The van der Waals surface area contributed by atoms with E-state index in [2.05, 4.69) is 23.6 Å². The van der Waals surface area contributed by atoms with E-state index in [0.717, 1.165) is 23.2 Å². The molecule has 0 radical (unpaired) electrons. The van der Waals surface area contributed by atoms with Crippen molar-refractivity contribution < 1.29 is 0 Å². The Bertz CT molecular complexity index is 187. The van der Waals surface area contributed by atoms with E-state index in [-0.39, 0.29) is 0 Å². The maximum atomic E-state index is 5.38. The molecule has 4 heteroatoms. The minimum absolute atomic E-state index is 1.03. The molecule has 0 saturated carbocycles. The number of hydrogen-bond acceptors (Lipinski definition) is 3. The molecule has 0 aromatic carbocycles. The van der Waals surface area contributed by atoms with Crippen molar-refractivity contribution >= 4 is 28.3 Å². The predicted molar refractivity (Wildman–Crippen MR) is 73.7 cm³/mol. The van der Waals surface area contributed by atoms with Gasteiger partial charge in [0.25, 0.3) is 0 Å². The normalized spacial score (nSPS) is 16.9. The Kier molecular flexibility index (Phi) is 6.61. The van der Waals surface area contributed by atoms with Gasteiger partial charge < -0.3 is 9.80 Å². The van der Waals surface area contributed by atoms with Crippen molar-refractivity contribution in [2.75, 3.05) is 38.5 Å². The number of hydrogen-bond donors (Lipinski definition) is 0. The summed E-state index contributed by atoms with van der Waals surface area (Å²) in [4.78, 5) is 4.79. The summed E-state index contributed by atoms with van der Waals surface area (Å²) < 4.78 is 1.07. The van der Waals surface area contributed by atoms with Crippen LogP contribution in [0.15, 0.2) is 0 Å². The number of likely N-dealkylation sites (tertiary alicyclic amines) is 1. The van der Waals surface area contributed by atoms with Crippen molar-refractivity contribution in [3.63, 3.8) is 0 Å². The summed E-state index contributed by atoms with van der Waals surface area (Å²) in [7, 11) is 0. The summed E-state index contributed by atoms with van der Waals surface area (Å²) in [5, 5.41) is 0. The fourth-order valence-electron chi connectivity index (χ4n) is 1.84. The lowest BCUT2D eigenvalue weighted by Crippen LogP contribution is -2.28. The highest BCUT2D eigenvalue weighted by molar-refractivity contribution is 8.22. The number of thiocarbonyl (C=S) groups is 1. The van der Waals surface area contributed by atoms with Gasteiger partial charge in [-0.3, -0.25) is 0 Å². The van der Waals surface area contributed by atoms with E-state index in [1.807, 2.05) is 11.8 Å². The topological polar surface area (TPSA) is 6.48 Å². The van der Waals surface area contributed by atoms with E-state index >= 15 is 0 Å². The molecule has 0 atom stereocenters. The van der Waals surface area contributed by atoms with Crippen LogP contribution >= 0.6 is 24.0 Å². The Hall–Kier alpha value is 0.200. The van der Waals surface area contributed by atoms with E-state index in [0.29, 0.717) is 0 Å². The van der Waals surface area contributed by atoms with Gasteiger partial charge in [0.15, 0.2) is 0 Å². The van der Waals surface area contributed by atoms with Gasteiger partial charge in [-0.15, -0.1) is 0 Å². The SMILES string of the molecule is CCN(CC)C(=S)SCCN1CCCC1. The quantitative estimate of drug-likeness (QED) is 0.687. The molecule has 88 valence electrons. The Labute approximate surface area is 103 Å². The van der Waals surface area contributed by atoms with Gasteiger partial charge in [-0.25, -0.2) is 0 Å². The van der Waals surface area contributed by atoms with Crippen LogP contribution in [0.1, 0.15) is 26.7 Å². The molecule has 1 aliphatic rings. The summed E-state index contributed by atoms with van der Waals surface area (Å²) in [5.74, 6) is 1.15. The molecular formula is C11H22N2S2. The van der Waals surface area contributed by atoms with E-state index in [1.54, 1.807) is 0 Å². The highest BCUT2D eigenvalue weighted by Crippen LogP contribution is 2.12. The number of thioether (sulfide) groups is 1. The second kappa shape index (κ2) is 7.47. The van der Waals surface area contributed by atoms with Crippen LogP contribution in [0.2, 0.25) is 0 Å². The average Bonchev–Trinajstić information content (AvgIpc) is 2.72. The van der Waals surface area contributed by atoms with Crippen LogP contribution in [0.4, 0.5) is 0 Å². The molecule has 1 fully saturated rings. The zero-order valence-corrected chi connectivity index (χ0v) is 11.5. The number of nitrogens with zero attached hydrogens (tertiary/aromatic N) is 2. The average molecular weight is 246 g/mol. The van der Waals surface area contributed by atoms with Gasteiger partial charge in [-0.2, -0.15) is 0 Å². The van der Waals surface area contributed by atoms with Crippen LogP contribution < -0.4 is 0 Å². The molecule has 0 aliphatic carbocycles. The Morgan fingerprint density at radius 2 is 1.87 bits per heavy atom. The standard InChI is InChI=1S/C11H22N2S2/c1-3-13(4-2)11(14)15-10-9-12-7-5-6-8-12/h3-10H2,1-2H3. The van der Waals surface area contributed by atoms with Crippen LogP contribution in [0.25, 0.3) is 0 Å². The third-order valence-electron chi connectivity index (χ3n) is 2.85. The lowest BCUT2D eigenvalue weighted by atomic mass is 10.4. The highest BCUT2D eigenvalue weighted by Gasteiger charge is 2.12. The van der Waals surface area contributed by atoms with Gasteiger partial charge in [0.05, 0.1) is 0 Å². The molecule has 0 bridgehead atoms. The molecule has 0 aromatic rings. The molecule has 0 aromatic heterocycles. The fourth-order valence-corrected chi connectivity index (χ4v) is 3.31. The Balaban J connectivity index is 2.10. The molecule has 2 nitrogen and oxygen atoms in total. The maximum Gasteiger partial charge on any atom is 0.136 e. The van der Waals surface area contributed by atoms with Gasteiger partial charge in [-0.05, 0) is 39.8 Å². The van der Waals surface area contributed by atoms with Gasteiger partial charge >= 0.3 is 0 Å². The molecular weight excluding hydrogens is 224 g/mol. The first-order chi connectivity index (χ1) is 7.27. The molecule has 0 amide bonds. The van der Waals surface area contributed by atoms with Gasteiger partial charge in [-0.1, -0.05) is 24.0 Å². The summed E-state index contributed by atoms with van der Waals surface area (Å²) >= 11 is 7.22. The smallest absolute Gasteiger partial charge is 0.136 e. The summed E-state index contributed by atoms with van der Waals surface area (Å²) in [6.07, 6.45) is 2.76. The van der Waals surface area contributed by atoms with Crippen molar-refractivity contribution in [1.29, 1.82) is 0 Å². The third-order valence-corrected chi connectivity index (χ3v) is 4.36. The Morgan fingerprint density at radius 3 is 2.40 bits per heavy atom. The summed E-state index contributed by atoms with van der Waals surface area (Å²) in [5.41, 5.74) is 0. The summed E-state index contributed by atoms with van der Waals surface area (Å²) in [6.45, 7) is 10.2. The maximum absolute atomic E-state index is 5.38. The molecule has 0 unspecified atom stereocenters. The van der Waals surface area contributed by atoms with E-state index in [4.69, 9.17) is 12.2 Å². The molecule has 1 saturated heterocycles. The van der Waals surface area contributed by atoms with E-state index in [9.17, 15) is 0 Å². The molecule has 1 rings (SSSR count). The van der Waals surface area contributed by atoms with Crippen molar-refractivity contribution in [1.82, 2.24) is 9.80 Å². The monoisotopic (exact) mass is 246 g/mol. The zero-order chi connectivity index (χ0) is 11.1. The summed E-state index contributed by atoms with van der Waals surface area (Å²) in [6, 6.07) is 0. The van der Waals surface area contributed by atoms with Crippen molar-refractivity contribution in [2.45, 2.75) is 26.7 Å². The molecule has 1 heterocycles. The van der Waals surface area contributed by atoms with Gasteiger partial charge in [0, 0.05) is 25.4 Å². The van der Waals surface area contributed by atoms with Crippen LogP contribution in [0, 0.1) is 0 Å². The lowest BCUT2D eigenvalue weighted by Gasteiger charge is -2.21. The third kappa shape index (κ3) is 4.70. The minimum Gasteiger partial charge on any atom is -0.358 e. The minimum atomic E-state index is 1.03. The van der Waals surface area contributed by atoms with Crippen molar-refractivity contribution in [3.8, 4) is 0 Å². The lowest BCUT2D eigenvalue weighted by molar-refractivity contribution is 0.362. The van der Waals surface area contributed by atoms with Crippen LogP contribution in [-0.2, 0) is 0 Å². The second-order valence-corrected chi connectivity index (χ2v) is 5.56. The molecule has 0 N–H and O–H groups in total. The predicted octanol–water partition coefficient (Wildman–Crippen LogP) is 2.44. The van der Waals surface area contributed by atoms with Gasteiger partial charge in [0.2, 0.25) is 0 Å². The van der Waals surface area contributed by atoms with Crippen LogP contribution in [0.5, 0.6) is 0 Å². The highest BCUT2D eigenvalue weighted by atomic mass is 32.2. The Morgan fingerprint density at radius 1 is 1.27 bits per heavy atom. The first-order valence-electron chi connectivity index (χ1n) is 5.92. The van der Waals surface area contributed by atoms with E-state index < -0.39 is 0 Å². The van der Waals surface area contributed by atoms with Gasteiger partial charge in [0.1, 0.15) is 4.32 Å².